The number of aliphatic carboxylic acids is 1. The smallest absolute Gasteiger partial charge is 0.344 e. The molecule has 3 aromatic rings. The standard InChI is InChI=1S/C25H32N2O4/c1-3-4-5-6-9-17-27(25-26-22-10-7-8-11-23(22)31-25)18-16-20-12-14-21(15-13-20)30-19(2)24(28)29/h7-8,10-15,19H,3-6,9,16-18H2,1-2H3,(H,28,29)/t19-/m0/s1. The highest BCUT2D eigenvalue weighted by molar-refractivity contribution is 5.74. The number of hydrogen-bond acceptors (Lipinski definition) is 5. The van der Waals surface area contributed by atoms with E-state index in [1.54, 1.807) is 0 Å². The van der Waals surface area contributed by atoms with Crippen LogP contribution in [0.3, 0.4) is 0 Å². The van der Waals surface area contributed by atoms with Crippen LogP contribution in [0.2, 0.25) is 0 Å². The summed E-state index contributed by atoms with van der Waals surface area (Å²) in [5.41, 5.74) is 2.84. The van der Waals surface area contributed by atoms with Crippen molar-refractivity contribution in [2.75, 3.05) is 18.0 Å². The molecule has 1 N–H and O–H groups in total. The summed E-state index contributed by atoms with van der Waals surface area (Å²) in [6.45, 7) is 5.46. The quantitative estimate of drug-likeness (QED) is 0.355. The van der Waals surface area contributed by atoms with Crippen molar-refractivity contribution >= 4 is 23.1 Å². The third kappa shape index (κ3) is 6.74. The fraction of sp³-hybridized carbons (Fsp3) is 0.440. The molecular formula is C25H32N2O4. The maximum Gasteiger partial charge on any atom is 0.344 e. The molecule has 6 heteroatoms. The van der Waals surface area contributed by atoms with Crippen LogP contribution in [0.15, 0.2) is 52.9 Å². The number of unbranched alkanes of at least 4 members (excludes halogenated alkanes) is 4. The molecule has 0 aliphatic rings. The number of nitrogens with zero attached hydrogens (tertiary/aromatic N) is 2. The van der Waals surface area contributed by atoms with Crippen molar-refractivity contribution in [1.29, 1.82) is 0 Å². The highest BCUT2D eigenvalue weighted by atomic mass is 16.5. The van der Waals surface area contributed by atoms with E-state index in [1.165, 1.54) is 32.6 Å². The van der Waals surface area contributed by atoms with E-state index in [1.807, 2.05) is 48.5 Å². The minimum absolute atomic E-state index is 0.561. The van der Waals surface area contributed by atoms with E-state index in [9.17, 15) is 4.79 Å². The molecule has 0 aliphatic carbocycles. The van der Waals surface area contributed by atoms with Crippen molar-refractivity contribution in [2.24, 2.45) is 0 Å². The predicted octanol–water partition coefficient (Wildman–Crippen LogP) is 5.70. The predicted molar refractivity (Wildman–Crippen MR) is 123 cm³/mol. The number of anilines is 1. The molecule has 3 rings (SSSR count). The van der Waals surface area contributed by atoms with Gasteiger partial charge in [-0.2, -0.15) is 4.98 Å². The van der Waals surface area contributed by atoms with E-state index in [0.29, 0.717) is 11.8 Å². The summed E-state index contributed by atoms with van der Waals surface area (Å²) in [5, 5.41) is 8.98. The molecule has 0 saturated carbocycles. The van der Waals surface area contributed by atoms with Gasteiger partial charge in [-0.05, 0) is 49.6 Å². The second-order valence-corrected chi connectivity index (χ2v) is 7.86. The van der Waals surface area contributed by atoms with Gasteiger partial charge in [-0.25, -0.2) is 4.79 Å². The van der Waals surface area contributed by atoms with E-state index < -0.39 is 12.1 Å². The van der Waals surface area contributed by atoms with Crippen LogP contribution < -0.4 is 9.64 Å². The number of oxazole rings is 1. The van der Waals surface area contributed by atoms with Crippen LogP contribution in [-0.4, -0.2) is 35.3 Å². The number of benzene rings is 2. The van der Waals surface area contributed by atoms with Gasteiger partial charge in [0.15, 0.2) is 11.7 Å². The highest BCUT2D eigenvalue weighted by Crippen LogP contribution is 2.23. The van der Waals surface area contributed by atoms with Gasteiger partial charge in [-0.1, -0.05) is 56.9 Å². The molecule has 0 aliphatic heterocycles. The summed E-state index contributed by atoms with van der Waals surface area (Å²) in [7, 11) is 0. The Morgan fingerprint density at radius 2 is 1.81 bits per heavy atom. The zero-order valence-corrected chi connectivity index (χ0v) is 18.4. The number of carbonyl (C=O) groups is 1. The molecule has 0 amide bonds. The number of carboxylic acids is 1. The lowest BCUT2D eigenvalue weighted by Gasteiger charge is -2.20. The molecule has 0 radical (unpaired) electrons. The molecule has 0 bridgehead atoms. The zero-order valence-electron chi connectivity index (χ0n) is 18.4. The molecule has 1 aromatic heterocycles. The summed E-state index contributed by atoms with van der Waals surface area (Å²) >= 11 is 0. The van der Waals surface area contributed by atoms with Crippen LogP contribution >= 0.6 is 0 Å². The third-order valence-electron chi connectivity index (χ3n) is 5.34. The molecule has 0 fully saturated rings. The van der Waals surface area contributed by atoms with Gasteiger partial charge < -0.3 is 19.2 Å². The fourth-order valence-electron chi connectivity index (χ4n) is 3.46. The molecule has 1 atom stereocenters. The molecule has 0 unspecified atom stereocenters. The van der Waals surface area contributed by atoms with Crippen molar-refractivity contribution in [3.05, 3.63) is 54.1 Å². The van der Waals surface area contributed by atoms with Gasteiger partial charge in [-0.15, -0.1) is 0 Å². The van der Waals surface area contributed by atoms with Crippen LogP contribution in [0.1, 0.15) is 51.5 Å². The largest absolute Gasteiger partial charge is 0.479 e. The number of carboxylic acid groups (broad SMARTS) is 1. The van der Waals surface area contributed by atoms with Crippen LogP contribution in [0, 0.1) is 0 Å². The van der Waals surface area contributed by atoms with E-state index in [0.717, 1.165) is 42.6 Å². The average Bonchev–Trinajstić information content (AvgIpc) is 3.20. The van der Waals surface area contributed by atoms with Gasteiger partial charge in [0, 0.05) is 13.1 Å². The number of para-hydroxylation sites is 2. The van der Waals surface area contributed by atoms with Crippen LogP contribution in [0.5, 0.6) is 5.75 Å². The first-order valence-corrected chi connectivity index (χ1v) is 11.2. The summed E-state index contributed by atoms with van der Waals surface area (Å²) < 4.78 is 11.4. The SMILES string of the molecule is CCCCCCCN(CCc1ccc(O[C@@H](C)C(=O)O)cc1)c1nc2ccccc2o1. The van der Waals surface area contributed by atoms with E-state index in [2.05, 4.69) is 16.8 Å². The lowest BCUT2D eigenvalue weighted by atomic mass is 10.1. The van der Waals surface area contributed by atoms with Gasteiger partial charge >= 0.3 is 5.97 Å². The molecule has 1 heterocycles. The Bertz CT molecular complexity index is 919. The second-order valence-electron chi connectivity index (χ2n) is 7.86. The maximum absolute atomic E-state index is 10.9. The first-order valence-electron chi connectivity index (χ1n) is 11.2. The van der Waals surface area contributed by atoms with Crippen molar-refractivity contribution in [1.82, 2.24) is 4.98 Å². The number of ether oxygens (including phenoxy) is 1. The summed E-state index contributed by atoms with van der Waals surface area (Å²) in [6.07, 6.45) is 6.05. The van der Waals surface area contributed by atoms with Gasteiger partial charge in [0.25, 0.3) is 6.01 Å². The lowest BCUT2D eigenvalue weighted by Crippen LogP contribution is -2.27. The van der Waals surface area contributed by atoms with Crippen molar-refractivity contribution in [3.63, 3.8) is 0 Å². The number of rotatable bonds is 13. The number of hydrogen-bond donors (Lipinski definition) is 1. The Morgan fingerprint density at radius 3 is 2.52 bits per heavy atom. The monoisotopic (exact) mass is 424 g/mol. The van der Waals surface area contributed by atoms with E-state index in [-0.39, 0.29) is 0 Å². The molecule has 166 valence electrons. The van der Waals surface area contributed by atoms with Crippen LogP contribution in [0.4, 0.5) is 6.01 Å². The Balaban J connectivity index is 1.63. The Kier molecular flexibility index (Phi) is 8.33. The first kappa shape index (κ1) is 22.7. The van der Waals surface area contributed by atoms with Crippen molar-refractivity contribution in [3.8, 4) is 5.75 Å². The van der Waals surface area contributed by atoms with E-state index in [4.69, 9.17) is 14.3 Å². The van der Waals surface area contributed by atoms with Crippen molar-refractivity contribution < 1.29 is 19.1 Å². The molecule has 0 saturated heterocycles. The maximum atomic E-state index is 10.9. The van der Waals surface area contributed by atoms with Gasteiger partial charge in [0.2, 0.25) is 0 Å². The van der Waals surface area contributed by atoms with Gasteiger partial charge in [-0.3, -0.25) is 0 Å². The molecule has 0 spiro atoms. The Labute approximate surface area is 183 Å². The zero-order chi connectivity index (χ0) is 22.1. The highest BCUT2D eigenvalue weighted by Gasteiger charge is 2.15. The minimum Gasteiger partial charge on any atom is -0.479 e. The molecular weight excluding hydrogens is 392 g/mol. The molecule has 2 aromatic carbocycles. The van der Waals surface area contributed by atoms with Gasteiger partial charge in [0.1, 0.15) is 11.3 Å². The van der Waals surface area contributed by atoms with Crippen LogP contribution in [-0.2, 0) is 11.2 Å². The summed E-state index contributed by atoms with van der Waals surface area (Å²) in [4.78, 5) is 17.9. The normalized spacial score (nSPS) is 12.1. The molecule has 31 heavy (non-hydrogen) atoms. The number of aromatic nitrogens is 1. The topological polar surface area (TPSA) is 75.8 Å². The summed E-state index contributed by atoms with van der Waals surface area (Å²) in [6, 6.07) is 16.1. The Hall–Kier alpha value is -3.02. The number of fused-ring (bicyclic) bond motifs is 1. The minimum atomic E-state index is -0.975. The third-order valence-corrected chi connectivity index (χ3v) is 5.34. The van der Waals surface area contributed by atoms with Crippen LogP contribution in [0.25, 0.3) is 11.1 Å². The average molecular weight is 425 g/mol. The fourth-order valence-corrected chi connectivity index (χ4v) is 3.46. The van der Waals surface area contributed by atoms with Gasteiger partial charge in [0.05, 0.1) is 0 Å². The molecule has 6 nitrogen and oxygen atoms in total. The van der Waals surface area contributed by atoms with Crippen molar-refractivity contribution in [2.45, 2.75) is 58.5 Å². The van der Waals surface area contributed by atoms with E-state index >= 15 is 0 Å². The second kappa shape index (κ2) is 11.4. The summed E-state index contributed by atoms with van der Waals surface area (Å²) in [5.74, 6) is -0.414. The Morgan fingerprint density at radius 1 is 1.06 bits per heavy atom. The lowest BCUT2D eigenvalue weighted by molar-refractivity contribution is -0.144. The first-order chi connectivity index (χ1) is 15.1.